The third-order valence-electron chi connectivity index (χ3n) is 2.52. The maximum absolute atomic E-state index is 11.8. The summed E-state index contributed by atoms with van der Waals surface area (Å²) in [6.07, 6.45) is 2.07. The van der Waals surface area contributed by atoms with Crippen LogP contribution in [0.5, 0.6) is 0 Å². The monoisotopic (exact) mass is 332 g/mol. The minimum Gasteiger partial charge on any atom is -0.373 e. The van der Waals surface area contributed by atoms with Gasteiger partial charge in [0.05, 0.1) is 5.69 Å². The molecule has 1 amide bonds. The van der Waals surface area contributed by atoms with E-state index in [1.807, 2.05) is 13.0 Å². The molecule has 0 spiro atoms. The van der Waals surface area contributed by atoms with Crippen molar-refractivity contribution in [2.45, 2.75) is 32.7 Å². The second kappa shape index (κ2) is 7.64. The average molecular weight is 334 g/mol. The molecular weight excluding hydrogens is 316 g/mol. The molecule has 1 rings (SSSR count). The minimum atomic E-state index is -0.295. The number of unbranched alkanes of at least 4 members (excludes halogenated alkanes) is 1. The maximum atomic E-state index is 11.8. The number of rotatable bonds is 6. The molecule has 0 aliphatic rings. The Morgan fingerprint density at radius 1 is 1.50 bits per heavy atom. The molecule has 5 heteroatoms. The quantitative estimate of drug-likeness (QED) is 0.777. The molecule has 3 nitrogen and oxygen atoms in total. The lowest BCUT2D eigenvalue weighted by atomic mass is 10.2. The fourth-order valence-electron chi connectivity index (χ4n) is 1.45. The zero-order valence-electron chi connectivity index (χ0n) is 10.6. The second-order valence-electron chi connectivity index (χ2n) is 4.13. The molecule has 100 valence electrons. The van der Waals surface area contributed by atoms with E-state index in [4.69, 9.17) is 11.6 Å². The normalized spacial score (nSPS) is 12.0. The largest absolute Gasteiger partial charge is 0.373 e. The van der Waals surface area contributed by atoms with E-state index >= 15 is 0 Å². The number of halogens is 2. The summed E-state index contributed by atoms with van der Waals surface area (Å²) in [5.41, 5.74) is 0.820. The molecule has 0 fully saturated rings. The van der Waals surface area contributed by atoms with E-state index < -0.39 is 0 Å². The highest BCUT2D eigenvalue weighted by Crippen LogP contribution is 2.26. The van der Waals surface area contributed by atoms with Gasteiger partial charge in [-0.15, -0.1) is 0 Å². The van der Waals surface area contributed by atoms with Gasteiger partial charge in [-0.1, -0.05) is 24.9 Å². The first-order valence-corrected chi connectivity index (χ1v) is 7.21. The highest BCUT2D eigenvalue weighted by molar-refractivity contribution is 9.10. The first kappa shape index (κ1) is 15.3. The Balaban J connectivity index is 2.55. The Kier molecular flexibility index (Phi) is 6.50. The summed E-state index contributed by atoms with van der Waals surface area (Å²) >= 11 is 9.34. The van der Waals surface area contributed by atoms with Crippen LogP contribution in [-0.2, 0) is 4.79 Å². The number of amides is 1. The van der Waals surface area contributed by atoms with Crippen molar-refractivity contribution < 1.29 is 4.79 Å². The molecule has 2 N–H and O–H groups in total. The van der Waals surface area contributed by atoms with Gasteiger partial charge in [0.1, 0.15) is 6.04 Å². The summed E-state index contributed by atoms with van der Waals surface area (Å²) in [4.78, 5) is 11.8. The van der Waals surface area contributed by atoms with Gasteiger partial charge in [-0.3, -0.25) is 4.79 Å². The number of carbonyl (C=O) groups excluding carboxylic acids is 1. The van der Waals surface area contributed by atoms with Crippen LogP contribution < -0.4 is 10.6 Å². The van der Waals surface area contributed by atoms with Crippen molar-refractivity contribution in [3.8, 4) is 0 Å². The molecule has 0 bridgehead atoms. The van der Waals surface area contributed by atoms with E-state index in [9.17, 15) is 4.79 Å². The molecule has 1 unspecified atom stereocenters. The number of hydrogen-bond acceptors (Lipinski definition) is 2. The summed E-state index contributed by atoms with van der Waals surface area (Å²) < 4.78 is 0.889. The van der Waals surface area contributed by atoms with E-state index in [1.54, 1.807) is 12.1 Å². The van der Waals surface area contributed by atoms with Gasteiger partial charge >= 0.3 is 0 Å². The lowest BCUT2D eigenvalue weighted by Gasteiger charge is -2.16. The number of benzene rings is 1. The summed E-state index contributed by atoms with van der Waals surface area (Å²) in [5.74, 6) is -0.00433. The zero-order chi connectivity index (χ0) is 13.5. The van der Waals surface area contributed by atoms with Crippen molar-refractivity contribution >= 4 is 39.1 Å². The van der Waals surface area contributed by atoms with E-state index in [0.29, 0.717) is 5.02 Å². The second-order valence-corrected chi connectivity index (χ2v) is 5.43. The molecular formula is C13H18BrClN2O. The minimum absolute atomic E-state index is 0.00433. The van der Waals surface area contributed by atoms with Gasteiger partial charge in [0, 0.05) is 16.0 Å². The Labute approximate surface area is 121 Å². The average Bonchev–Trinajstić information content (AvgIpc) is 2.34. The molecule has 0 saturated carbocycles. The third kappa shape index (κ3) is 4.86. The van der Waals surface area contributed by atoms with Gasteiger partial charge in [0.25, 0.3) is 0 Å². The van der Waals surface area contributed by atoms with Crippen LogP contribution >= 0.6 is 27.5 Å². The number of anilines is 1. The number of carbonyl (C=O) groups is 1. The Morgan fingerprint density at radius 2 is 2.22 bits per heavy atom. The van der Waals surface area contributed by atoms with Crippen LogP contribution in [0.25, 0.3) is 0 Å². The van der Waals surface area contributed by atoms with Gasteiger partial charge in [0.15, 0.2) is 0 Å². The molecule has 0 aliphatic heterocycles. The first-order chi connectivity index (χ1) is 8.54. The van der Waals surface area contributed by atoms with Crippen molar-refractivity contribution in [2.24, 2.45) is 0 Å². The van der Waals surface area contributed by atoms with Crippen molar-refractivity contribution in [3.05, 3.63) is 27.7 Å². The summed E-state index contributed by atoms with van der Waals surface area (Å²) in [5, 5.41) is 6.66. The SMILES string of the molecule is CCCCNC(=O)C(C)Nc1cc(Cl)ccc1Br. The first-order valence-electron chi connectivity index (χ1n) is 6.04. The molecule has 18 heavy (non-hydrogen) atoms. The Morgan fingerprint density at radius 3 is 2.89 bits per heavy atom. The number of nitrogens with one attached hydrogen (secondary N) is 2. The highest BCUT2D eigenvalue weighted by atomic mass is 79.9. The lowest BCUT2D eigenvalue weighted by Crippen LogP contribution is -2.38. The van der Waals surface area contributed by atoms with E-state index in [2.05, 4.69) is 33.5 Å². The fraction of sp³-hybridized carbons (Fsp3) is 0.462. The fourth-order valence-corrected chi connectivity index (χ4v) is 1.98. The molecule has 0 heterocycles. The third-order valence-corrected chi connectivity index (χ3v) is 3.45. The molecule has 0 saturated heterocycles. The predicted molar refractivity (Wildman–Crippen MR) is 80.2 cm³/mol. The number of hydrogen-bond donors (Lipinski definition) is 2. The molecule has 0 aromatic heterocycles. The van der Waals surface area contributed by atoms with Crippen LogP contribution in [0.4, 0.5) is 5.69 Å². The van der Waals surface area contributed by atoms with Crippen molar-refractivity contribution in [3.63, 3.8) is 0 Å². The van der Waals surface area contributed by atoms with Gasteiger partial charge in [-0.2, -0.15) is 0 Å². The van der Waals surface area contributed by atoms with E-state index in [0.717, 1.165) is 29.5 Å². The summed E-state index contributed by atoms with van der Waals surface area (Å²) in [6.45, 7) is 4.64. The summed E-state index contributed by atoms with van der Waals surface area (Å²) in [7, 11) is 0. The van der Waals surface area contributed by atoms with Crippen LogP contribution in [0.1, 0.15) is 26.7 Å². The summed E-state index contributed by atoms with van der Waals surface area (Å²) in [6, 6.07) is 5.15. The van der Waals surface area contributed by atoms with Gasteiger partial charge in [-0.05, 0) is 47.5 Å². The van der Waals surface area contributed by atoms with Crippen LogP contribution in [-0.4, -0.2) is 18.5 Å². The maximum Gasteiger partial charge on any atom is 0.242 e. The highest BCUT2D eigenvalue weighted by Gasteiger charge is 2.13. The van der Waals surface area contributed by atoms with Crippen molar-refractivity contribution in [1.29, 1.82) is 0 Å². The molecule has 1 atom stereocenters. The van der Waals surface area contributed by atoms with Gasteiger partial charge in [0.2, 0.25) is 5.91 Å². The molecule has 1 aromatic rings. The predicted octanol–water partition coefficient (Wildman–Crippen LogP) is 3.82. The topological polar surface area (TPSA) is 41.1 Å². The van der Waals surface area contributed by atoms with Crippen LogP contribution in [0.15, 0.2) is 22.7 Å². The smallest absolute Gasteiger partial charge is 0.242 e. The molecule has 0 aliphatic carbocycles. The van der Waals surface area contributed by atoms with E-state index in [-0.39, 0.29) is 11.9 Å². The van der Waals surface area contributed by atoms with Crippen molar-refractivity contribution in [1.82, 2.24) is 5.32 Å². The lowest BCUT2D eigenvalue weighted by molar-refractivity contribution is -0.121. The molecule has 0 radical (unpaired) electrons. The van der Waals surface area contributed by atoms with Crippen LogP contribution in [0.2, 0.25) is 5.02 Å². The van der Waals surface area contributed by atoms with Gasteiger partial charge < -0.3 is 10.6 Å². The van der Waals surface area contributed by atoms with E-state index in [1.165, 1.54) is 0 Å². The van der Waals surface area contributed by atoms with Crippen LogP contribution in [0.3, 0.4) is 0 Å². The Hall–Kier alpha value is -0.740. The zero-order valence-corrected chi connectivity index (χ0v) is 12.9. The van der Waals surface area contributed by atoms with Crippen LogP contribution in [0, 0.1) is 0 Å². The van der Waals surface area contributed by atoms with Crippen molar-refractivity contribution in [2.75, 3.05) is 11.9 Å². The standard InChI is InChI=1S/C13H18BrClN2O/c1-3-4-7-16-13(18)9(2)17-12-8-10(15)5-6-11(12)14/h5-6,8-9,17H,3-4,7H2,1-2H3,(H,16,18). The molecule has 1 aromatic carbocycles. The van der Waals surface area contributed by atoms with Gasteiger partial charge in [-0.25, -0.2) is 0 Å². The Bertz CT molecular complexity index is 412.